The van der Waals surface area contributed by atoms with Gasteiger partial charge in [0, 0.05) is 11.4 Å². The lowest BCUT2D eigenvalue weighted by atomic mass is 9.96. The largest absolute Gasteiger partial charge is 0.393 e. The lowest BCUT2D eigenvalue weighted by molar-refractivity contribution is -0.380. The van der Waals surface area contributed by atoms with Gasteiger partial charge in [0.2, 0.25) is 0 Å². The second-order valence-corrected chi connectivity index (χ2v) is 4.38. The number of aliphatic hydroxyl groups is 1. The molecule has 0 amide bonds. The summed E-state index contributed by atoms with van der Waals surface area (Å²) in [4.78, 5) is 10.1. The van der Waals surface area contributed by atoms with E-state index in [1.807, 2.05) is 0 Å². The first kappa shape index (κ1) is 12.1. The zero-order chi connectivity index (χ0) is 11.4. The lowest BCUT2D eigenvalue weighted by Crippen LogP contribution is -2.16. The van der Waals surface area contributed by atoms with Crippen LogP contribution in [0.15, 0.2) is 11.4 Å². The minimum absolute atomic E-state index is 0.00468. The summed E-state index contributed by atoms with van der Waals surface area (Å²) in [6.45, 7) is 2.07. The van der Waals surface area contributed by atoms with E-state index in [9.17, 15) is 15.2 Å². The summed E-state index contributed by atoms with van der Waals surface area (Å²) in [5, 5.41) is 21.6. The standard InChI is InChI=1S/C9H14N2O3S/c1-6(12)2-7(4-10)8-3-9(11(13)14)15-5-8/h3,5-7,12H,2,4,10H2,1H3. The Labute approximate surface area is 91.7 Å². The van der Waals surface area contributed by atoms with Gasteiger partial charge in [-0.25, -0.2) is 0 Å². The molecule has 1 aromatic heterocycles. The van der Waals surface area contributed by atoms with Crippen LogP contribution in [0.4, 0.5) is 5.00 Å². The van der Waals surface area contributed by atoms with E-state index in [0.29, 0.717) is 13.0 Å². The first-order valence-corrected chi connectivity index (χ1v) is 5.53. The number of thiophene rings is 1. The Balaban J connectivity index is 2.78. The monoisotopic (exact) mass is 230 g/mol. The van der Waals surface area contributed by atoms with Crippen molar-refractivity contribution < 1.29 is 10.0 Å². The number of hydrogen-bond acceptors (Lipinski definition) is 5. The third kappa shape index (κ3) is 3.26. The normalized spacial score (nSPS) is 14.9. The molecule has 0 spiro atoms. The van der Waals surface area contributed by atoms with Crippen molar-refractivity contribution in [1.29, 1.82) is 0 Å². The summed E-state index contributed by atoms with van der Waals surface area (Å²) >= 11 is 1.09. The zero-order valence-electron chi connectivity index (χ0n) is 8.42. The van der Waals surface area contributed by atoms with E-state index < -0.39 is 11.0 Å². The fourth-order valence-electron chi connectivity index (χ4n) is 1.43. The molecule has 6 heteroatoms. The molecular formula is C9H14N2O3S. The molecule has 0 saturated heterocycles. The Hall–Kier alpha value is -0.980. The summed E-state index contributed by atoms with van der Waals surface area (Å²) in [7, 11) is 0. The lowest BCUT2D eigenvalue weighted by Gasteiger charge is -2.14. The molecule has 15 heavy (non-hydrogen) atoms. The Kier molecular flexibility index (Phi) is 4.19. The van der Waals surface area contributed by atoms with Crippen LogP contribution in [0, 0.1) is 10.1 Å². The van der Waals surface area contributed by atoms with Gasteiger partial charge in [-0.1, -0.05) is 11.3 Å². The van der Waals surface area contributed by atoms with E-state index in [2.05, 4.69) is 0 Å². The van der Waals surface area contributed by atoms with Gasteiger partial charge in [0.15, 0.2) is 0 Å². The fraction of sp³-hybridized carbons (Fsp3) is 0.556. The van der Waals surface area contributed by atoms with Crippen LogP contribution in [-0.4, -0.2) is 22.7 Å². The predicted octanol–water partition coefficient (Wildman–Crippen LogP) is 1.47. The quantitative estimate of drug-likeness (QED) is 0.592. The Bertz CT molecular complexity index is 338. The molecule has 5 nitrogen and oxygen atoms in total. The average Bonchev–Trinajstić information content (AvgIpc) is 2.62. The SMILES string of the molecule is CC(O)CC(CN)c1csc([N+](=O)[O-])c1. The van der Waals surface area contributed by atoms with Crippen LogP contribution < -0.4 is 5.73 Å². The molecule has 0 radical (unpaired) electrons. The first-order valence-electron chi connectivity index (χ1n) is 4.65. The number of nitrogens with zero attached hydrogens (tertiary/aromatic N) is 1. The molecule has 3 N–H and O–H groups in total. The first-order chi connectivity index (χ1) is 7.04. The topological polar surface area (TPSA) is 89.4 Å². The van der Waals surface area contributed by atoms with E-state index >= 15 is 0 Å². The Morgan fingerprint density at radius 2 is 2.40 bits per heavy atom. The van der Waals surface area contributed by atoms with Crippen LogP contribution in [0.1, 0.15) is 24.8 Å². The maximum absolute atomic E-state index is 10.5. The van der Waals surface area contributed by atoms with Crippen LogP contribution in [0.25, 0.3) is 0 Å². The number of nitrogens with two attached hydrogens (primary N) is 1. The predicted molar refractivity (Wildman–Crippen MR) is 59.1 cm³/mol. The van der Waals surface area contributed by atoms with Crippen LogP contribution >= 0.6 is 11.3 Å². The van der Waals surface area contributed by atoms with Crippen molar-refractivity contribution in [2.45, 2.75) is 25.4 Å². The molecule has 0 aliphatic rings. The van der Waals surface area contributed by atoms with Crippen molar-refractivity contribution in [2.75, 3.05) is 6.54 Å². The van der Waals surface area contributed by atoms with Crippen LogP contribution in [-0.2, 0) is 0 Å². The highest BCUT2D eigenvalue weighted by Gasteiger charge is 2.17. The summed E-state index contributed by atoms with van der Waals surface area (Å²) < 4.78 is 0. The van der Waals surface area contributed by atoms with Crippen molar-refractivity contribution in [3.05, 3.63) is 27.1 Å². The van der Waals surface area contributed by atoms with E-state index in [-0.39, 0.29) is 10.9 Å². The molecule has 2 atom stereocenters. The van der Waals surface area contributed by atoms with Gasteiger partial charge in [-0.3, -0.25) is 10.1 Å². The molecule has 0 aliphatic carbocycles. The minimum Gasteiger partial charge on any atom is -0.393 e. The number of hydrogen-bond donors (Lipinski definition) is 2. The summed E-state index contributed by atoms with van der Waals surface area (Å²) in [6, 6.07) is 1.53. The molecule has 0 fully saturated rings. The van der Waals surface area contributed by atoms with Gasteiger partial charge >= 0.3 is 5.00 Å². The van der Waals surface area contributed by atoms with Crippen molar-refractivity contribution in [2.24, 2.45) is 5.73 Å². The van der Waals surface area contributed by atoms with Gasteiger partial charge < -0.3 is 10.8 Å². The molecule has 0 bridgehead atoms. The van der Waals surface area contributed by atoms with E-state index in [0.717, 1.165) is 16.9 Å². The van der Waals surface area contributed by atoms with Gasteiger partial charge in [-0.05, 0) is 31.4 Å². The highest BCUT2D eigenvalue weighted by molar-refractivity contribution is 7.13. The molecule has 0 aromatic carbocycles. The second kappa shape index (κ2) is 5.20. The number of aliphatic hydroxyl groups excluding tert-OH is 1. The molecule has 1 heterocycles. The second-order valence-electron chi connectivity index (χ2n) is 3.49. The van der Waals surface area contributed by atoms with E-state index in [4.69, 9.17) is 5.73 Å². The molecule has 1 aromatic rings. The maximum atomic E-state index is 10.5. The molecular weight excluding hydrogens is 216 g/mol. The van der Waals surface area contributed by atoms with Crippen molar-refractivity contribution in [3.8, 4) is 0 Å². The van der Waals surface area contributed by atoms with Crippen molar-refractivity contribution >= 4 is 16.3 Å². The molecule has 1 rings (SSSR count). The van der Waals surface area contributed by atoms with Crippen LogP contribution in [0.5, 0.6) is 0 Å². The smallest absolute Gasteiger partial charge is 0.324 e. The minimum atomic E-state index is -0.447. The van der Waals surface area contributed by atoms with Crippen molar-refractivity contribution in [1.82, 2.24) is 0 Å². The van der Waals surface area contributed by atoms with Gasteiger partial charge in [-0.2, -0.15) is 0 Å². The molecule has 0 saturated carbocycles. The zero-order valence-corrected chi connectivity index (χ0v) is 9.24. The van der Waals surface area contributed by atoms with Crippen molar-refractivity contribution in [3.63, 3.8) is 0 Å². The van der Waals surface area contributed by atoms with E-state index in [1.165, 1.54) is 6.07 Å². The highest BCUT2D eigenvalue weighted by atomic mass is 32.1. The Morgan fingerprint density at radius 3 is 2.80 bits per heavy atom. The summed E-state index contributed by atoms with van der Waals surface area (Å²) in [5.41, 5.74) is 6.40. The fourth-order valence-corrected chi connectivity index (χ4v) is 2.24. The summed E-state index contributed by atoms with van der Waals surface area (Å²) in [5.74, 6) is -0.00468. The van der Waals surface area contributed by atoms with Gasteiger partial charge in [0.05, 0.1) is 11.0 Å². The summed E-state index contributed by atoms with van der Waals surface area (Å²) in [6.07, 6.45) is 0.0854. The molecule has 84 valence electrons. The van der Waals surface area contributed by atoms with Crippen LogP contribution in [0.3, 0.4) is 0 Å². The third-order valence-corrected chi connectivity index (χ3v) is 3.07. The molecule has 0 aliphatic heterocycles. The molecule has 2 unspecified atom stereocenters. The maximum Gasteiger partial charge on any atom is 0.324 e. The number of rotatable bonds is 5. The number of nitro groups is 1. The Morgan fingerprint density at radius 1 is 1.73 bits per heavy atom. The highest BCUT2D eigenvalue weighted by Crippen LogP contribution is 2.29. The van der Waals surface area contributed by atoms with E-state index in [1.54, 1.807) is 12.3 Å². The van der Waals surface area contributed by atoms with Gasteiger partial charge in [0.25, 0.3) is 0 Å². The average molecular weight is 230 g/mol. The third-order valence-electron chi connectivity index (χ3n) is 2.17. The van der Waals surface area contributed by atoms with Gasteiger partial charge in [-0.15, -0.1) is 0 Å². The van der Waals surface area contributed by atoms with Crippen LogP contribution in [0.2, 0.25) is 0 Å². The van der Waals surface area contributed by atoms with Gasteiger partial charge in [0.1, 0.15) is 0 Å².